The van der Waals surface area contributed by atoms with E-state index in [1.807, 2.05) is 0 Å². The highest BCUT2D eigenvalue weighted by Crippen LogP contribution is 2.25. The third-order valence-electron chi connectivity index (χ3n) is 4.38. The van der Waals surface area contributed by atoms with Crippen molar-refractivity contribution in [1.29, 1.82) is 0 Å². The Bertz CT molecular complexity index is 873. The van der Waals surface area contributed by atoms with Crippen LogP contribution in [0.15, 0.2) is 53.4 Å². The number of benzene rings is 2. The summed E-state index contributed by atoms with van der Waals surface area (Å²) in [7, 11) is -3.56. The molecule has 1 amide bonds. The number of hydrogen-bond donors (Lipinski definition) is 0. The van der Waals surface area contributed by atoms with Gasteiger partial charge in [-0.1, -0.05) is 6.07 Å². The number of likely N-dealkylation sites (tertiary alicyclic amines) is 1. The lowest BCUT2D eigenvalue weighted by molar-refractivity contribution is 0.0725. The van der Waals surface area contributed by atoms with Gasteiger partial charge in [0.2, 0.25) is 0 Å². The summed E-state index contributed by atoms with van der Waals surface area (Å²) in [4.78, 5) is 14.0. The quantitative estimate of drug-likeness (QED) is 0.786. The maximum atomic E-state index is 13.3. The predicted octanol–water partition coefficient (Wildman–Crippen LogP) is 3.04. The number of carbonyl (C=O) groups excluding carboxylic acids is 1. The van der Waals surface area contributed by atoms with Crippen molar-refractivity contribution in [3.8, 4) is 0 Å². The van der Waals surface area contributed by atoms with Crippen LogP contribution in [0.5, 0.6) is 0 Å². The molecule has 0 aromatic heterocycles. The molecule has 0 radical (unpaired) electrons. The Morgan fingerprint density at radius 3 is 2.20 bits per heavy atom. The Kier molecular flexibility index (Phi) is 4.85. The van der Waals surface area contributed by atoms with Crippen molar-refractivity contribution in [1.82, 2.24) is 4.90 Å². The highest BCUT2D eigenvalue weighted by Gasteiger charge is 2.33. The van der Waals surface area contributed by atoms with Gasteiger partial charge >= 0.3 is 0 Å². The van der Waals surface area contributed by atoms with Gasteiger partial charge in [-0.25, -0.2) is 17.2 Å². The Balaban J connectivity index is 1.69. The first kappa shape index (κ1) is 17.5. The number of hydrogen-bond acceptors (Lipinski definition) is 3. The first-order valence-electron chi connectivity index (χ1n) is 7.92. The minimum Gasteiger partial charge on any atom is -0.339 e. The average molecular weight is 365 g/mol. The van der Waals surface area contributed by atoms with Gasteiger partial charge in [-0.15, -0.1) is 0 Å². The van der Waals surface area contributed by atoms with Crippen molar-refractivity contribution in [2.45, 2.75) is 23.0 Å². The number of halogens is 2. The molecule has 0 spiro atoms. The Morgan fingerprint density at radius 1 is 0.960 bits per heavy atom. The summed E-state index contributed by atoms with van der Waals surface area (Å²) in [6, 6.07) is 10.2. The minimum atomic E-state index is -3.56. The van der Waals surface area contributed by atoms with Crippen LogP contribution in [0.3, 0.4) is 0 Å². The van der Waals surface area contributed by atoms with Crippen molar-refractivity contribution in [2.24, 2.45) is 0 Å². The largest absolute Gasteiger partial charge is 0.339 e. The number of sulfone groups is 1. The van der Waals surface area contributed by atoms with Gasteiger partial charge in [0, 0.05) is 18.7 Å². The molecule has 0 saturated carbocycles. The highest BCUT2D eigenvalue weighted by molar-refractivity contribution is 7.92. The fourth-order valence-electron chi connectivity index (χ4n) is 2.99. The lowest BCUT2D eigenvalue weighted by Crippen LogP contribution is -2.42. The van der Waals surface area contributed by atoms with Gasteiger partial charge in [-0.2, -0.15) is 0 Å². The minimum absolute atomic E-state index is 0.0869. The average Bonchev–Trinajstić information content (AvgIpc) is 2.61. The lowest BCUT2D eigenvalue weighted by Gasteiger charge is -2.31. The predicted molar refractivity (Wildman–Crippen MR) is 88.9 cm³/mol. The molecule has 132 valence electrons. The standard InChI is InChI=1S/C18H17F2NO3S/c19-14-4-6-16(7-5-14)25(23,24)17-8-10-21(11-9-17)18(22)13-2-1-3-15(20)12-13/h1-7,12,17H,8-11H2. The van der Waals surface area contributed by atoms with E-state index in [9.17, 15) is 22.0 Å². The number of nitrogens with zero attached hydrogens (tertiary/aromatic N) is 1. The van der Waals surface area contributed by atoms with Crippen LogP contribution in [0.4, 0.5) is 8.78 Å². The summed E-state index contributed by atoms with van der Waals surface area (Å²) in [5.41, 5.74) is 0.250. The maximum Gasteiger partial charge on any atom is 0.253 e. The molecule has 0 N–H and O–H groups in total. The fourth-order valence-corrected chi connectivity index (χ4v) is 4.72. The summed E-state index contributed by atoms with van der Waals surface area (Å²) in [6.07, 6.45) is 0.585. The van der Waals surface area contributed by atoms with Crippen LogP contribution >= 0.6 is 0 Å². The zero-order valence-corrected chi connectivity index (χ0v) is 14.2. The second kappa shape index (κ2) is 6.92. The zero-order chi connectivity index (χ0) is 18.0. The number of amides is 1. The molecule has 25 heavy (non-hydrogen) atoms. The molecule has 0 bridgehead atoms. The number of rotatable bonds is 3. The van der Waals surface area contributed by atoms with Crippen LogP contribution < -0.4 is 0 Å². The molecule has 0 unspecified atom stereocenters. The first-order chi connectivity index (χ1) is 11.9. The van der Waals surface area contributed by atoms with Crippen LogP contribution in [0, 0.1) is 11.6 Å². The van der Waals surface area contributed by atoms with Gasteiger partial charge in [0.05, 0.1) is 10.1 Å². The molecule has 1 saturated heterocycles. The van der Waals surface area contributed by atoms with E-state index in [0.717, 1.165) is 12.1 Å². The molecular formula is C18H17F2NO3S. The molecule has 1 fully saturated rings. The molecule has 1 aliphatic heterocycles. The zero-order valence-electron chi connectivity index (χ0n) is 13.4. The Labute approximate surface area is 145 Å². The molecule has 1 aliphatic rings. The third-order valence-corrected chi connectivity index (χ3v) is 6.66. The fraction of sp³-hybridized carbons (Fsp3) is 0.278. The van der Waals surface area contributed by atoms with Gasteiger partial charge in [0.25, 0.3) is 5.91 Å². The van der Waals surface area contributed by atoms with Crippen molar-refractivity contribution < 1.29 is 22.0 Å². The van der Waals surface area contributed by atoms with E-state index in [1.165, 1.54) is 41.3 Å². The van der Waals surface area contributed by atoms with Crippen molar-refractivity contribution in [3.63, 3.8) is 0 Å². The summed E-state index contributed by atoms with van der Waals surface area (Å²) >= 11 is 0. The van der Waals surface area contributed by atoms with E-state index in [4.69, 9.17) is 0 Å². The molecule has 7 heteroatoms. The van der Waals surface area contributed by atoms with E-state index in [0.29, 0.717) is 12.8 Å². The van der Waals surface area contributed by atoms with Crippen LogP contribution in [-0.4, -0.2) is 37.6 Å². The summed E-state index contributed by atoms with van der Waals surface area (Å²) in [6.45, 7) is 0.556. The van der Waals surface area contributed by atoms with Crippen LogP contribution in [0.1, 0.15) is 23.2 Å². The van der Waals surface area contributed by atoms with E-state index >= 15 is 0 Å². The number of piperidine rings is 1. The lowest BCUT2D eigenvalue weighted by atomic mass is 10.1. The molecule has 1 heterocycles. The topological polar surface area (TPSA) is 54.5 Å². The van der Waals surface area contributed by atoms with Crippen molar-refractivity contribution in [3.05, 3.63) is 65.7 Å². The summed E-state index contributed by atoms with van der Waals surface area (Å²) in [5.74, 6) is -1.29. The second-order valence-corrected chi connectivity index (χ2v) is 8.23. The molecule has 0 aliphatic carbocycles. The van der Waals surface area contributed by atoms with Crippen molar-refractivity contribution in [2.75, 3.05) is 13.1 Å². The SMILES string of the molecule is O=C(c1cccc(F)c1)N1CCC(S(=O)(=O)c2ccc(F)cc2)CC1. The highest BCUT2D eigenvalue weighted by atomic mass is 32.2. The van der Waals surface area contributed by atoms with Gasteiger partial charge in [-0.3, -0.25) is 4.79 Å². The normalized spacial score (nSPS) is 16.0. The number of carbonyl (C=O) groups is 1. The molecule has 2 aromatic carbocycles. The van der Waals surface area contributed by atoms with Crippen LogP contribution in [0.2, 0.25) is 0 Å². The van der Waals surface area contributed by atoms with E-state index in [1.54, 1.807) is 0 Å². The Hall–Kier alpha value is -2.28. The van der Waals surface area contributed by atoms with Gasteiger partial charge in [-0.05, 0) is 55.3 Å². The molecule has 4 nitrogen and oxygen atoms in total. The van der Waals surface area contributed by atoms with Gasteiger partial charge in [0.1, 0.15) is 11.6 Å². The third kappa shape index (κ3) is 3.71. The summed E-state index contributed by atoms with van der Waals surface area (Å²) in [5, 5.41) is -0.616. The maximum absolute atomic E-state index is 13.3. The van der Waals surface area contributed by atoms with E-state index in [-0.39, 0.29) is 29.5 Å². The molecule has 3 rings (SSSR count). The monoisotopic (exact) mass is 365 g/mol. The van der Waals surface area contributed by atoms with E-state index < -0.39 is 26.7 Å². The van der Waals surface area contributed by atoms with Gasteiger partial charge in [0.15, 0.2) is 9.84 Å². The van der Waals surface area contributed by atoms with E-state index in [2.05, 4.69) is 0 Å². The van der Waals surface area contributed by atoms with Crippen molar-refractivity contribution >= 4 is 15.7 Å². The molecular weight excluding hydrogens is 348 g/mol. The smallest absolute Gasteiger partial charge is 0.253 e. The first-order valence-corrected chi connectivity index (χ1v) is 9.47. The molecule has 0 atom stereocenters. The summed E-state index contributed by atoms with van der Waals surface area (Å²) < 4.78 is 51.5. The Morgan fingerprint density at radius 2 is 1.60 bits per heavy atom. The van der Waals surface area contributed by atoms with Gasteiger partial charge < -0.3 is 4.90 Å². The molecule has 2 aromatic rings. The van der Waals surface area contributed by atoms with Crippen LogP contribution in [-0.2, 0) is 9.84 Å². The second-order valence-electron chi connectivity index (χ2n) is 6.00. The van der Waals surface area contributed by atoms with Crippen LogP contribution in [0.25, 0.3) is 0 Å².